The number of aromatic nitrogens is 1. The summed E-state index contributed by atoms with van der Waals surface area (Å²) in [5.41, 5.74) is 2.29. The minimum atomic E-state index is 0.00550. The van der Waals surface area contributed by atoms with E-state index in [2.05, 4.69) is 15.9 Å². The maximum absolute atomic E-state index is 11.9. The van der Waals surface area contributed by atoms with Gasteiger partial charge in [0, 0.05) is 12.7 Å². The van der Waals surface area contributed by atoms with Crippen molar-refractivity contribution >= 4 is 15.9 Å². The Morgan fingerprint density at radius 3 is 2.55 bits per heavy atom. The zero-order valence-corrected chi connectivity index (χ0v) is 13.3. The van der Waals surface area contributed by atoms with Crippen molar-refractivity contribution < 1.29 is 4.74 Å². The van der Waals surface area contributed by atoms with Gasteiger partial charge in [0.25, 0.3) is 5.56 Å². The SMILES string of the molecule is Cc1ccc(OCCCn2cc(C)cc(Br)c2=O)cc1. The summed E-state index contributed by atoms with van der Waals surface area (Å²) in [5.74, 6) is 0.869. The maximum atomic E-state index is 11.9. The molecule has 0 unspecified atom stereocenters. The largest absolute Gasteiger partial charge is 0.494 e. The van der Waals surface area contributed by atoms with Gasteiger partial charge in [0.1, 0.15) is 5.75 Å². The summed E-state index contributed by atoms with van der Waals surface area (Å²) < 4.78 is 7.98. The van der Waals surface area contributed by atoms with Gasteiger partial charge >= 0.3 is 0 Å². The Morgan fingerprint density at radius 2 is 1.85 bits per heavy atom. The molecule has 0 radical (unpaired) electrons. The number of pyridine rings is 1. The predicted octanol–water partition coefficient (Wildman–Crippen LogP) is 3.70. The van der Waals surface area contributed by atoms with Crippen molar-refractivity contribution in [1.82, 2.24) is 4.57 Å². The van der Waals surface area contributed by atoms with E-state index in [0.29, 0.717) is 17.6 Å². The Hall–Kier alpha value is -1.55. The quantitative estimate of drug-likeness (QED) is 0.780. The van der Waals surface area contributed by atoms with E-state index in [0.717, 1.165) is 17.7 Å². The molecule has 0 N–H and O–H groups in total. The topological polar surface area (TPSA) is 31.2 Å². The number of halogens is 1. The zero-order chi connectivity index (χ0) is 14.5. The molecule has 0 saturated heterocycles. The lowest BCUT2D eigenvalue weighted by molar-refractivity contribution is 0.301. The molecule has 0 aliphatic heterocycles. The summed E-state index contributed by atoms with van der Waals surface area (Å²) in [4.78, 5) is 11.9. The maximum Gasteiger partial charge on any atom is 0.264 e. The van der Waals surface area contributed by atoms with Crippen LogP contribution in [0.5, 0.6) is 5.75 Å². The fraction of sp³-hybridized carbons (Fsp3) is 0.312. The molecule has 3 nitrogen and oxygen atoms in total. The van der Waals surface area contributed by atoms with Crippen molar-refractivity contribution in [1.29, 1.82) is 0 Å². The first kappa shape index (κ1) is 14.9. The average Bonchev–Trinajstić information content (AvgIpc) is 2.42. The van der Waals surface area contributed by atoms with Gasteiger partial charge in [0.2, 0.25) is 0 Å². The second-order valence-corrected chi connectivity index (χ2v) is 5.73. The summed E-state index contributed by atoms with van der Waals surface area (Å²) in [7, 11) is 0. The second kappa shape index (κ2) is 6.75. The molecule has 1 aromatic heterocycles. The van der Waals surface area contributed by atoms with Gasteiger partial charge in [-0.3, -0.25) is 4.79 Å². The van der Waals surface area contributed by atoms with Crippen molar-refractivity contribution in [3.63, 3.8) is 0 Å². The predicted molar refractivity (Wildman–Crippen MR) is 84.4 cm³/mol. The molecule has 0 aliphatic carbocycles. The zero-order valence-electron chi connectivity index (χ0n) is 11.7. The van der Waals surface area contributed by atoms with Crippen molar-refractivity contribution in [3.05, 3.63) is 62.5 Å². The van der Waals surface area contributed by atoms with E-state index in [9.17, 15) is 4.79 Å². The number of aryl methyl sites for hydroxylation is 3. The first-order chi connectivity index (χ1) is 9.56. The van der Waals surface area contributed by atoms with Crippen LogP contribution in [-0.4, -0.2) is 11.2 Å². The Labute approximate surface area is 127 Å². The third-order valence-corrected chi connectivity index (χ3v) is 3.58. The number of hydrogen-bond acceptors (Lipinski definition) is 2. The number of ether oxygens (including phenoxy) is 1. The molecule has 0 bridgehead atoms. The van der Waals surface area contributed by atoms with E-state index < -0.39 is 0 Å². The minimum Gasteiger partial charge on any atom is -0.494 e. The number of rotatable bonds is 5. The smallest absolute Gasteiger partial charge is 0.264 e. The van der Waals surface area contributed by atoms with Crippen LogP contribution in [0.2, 0.25) is 0 Å². The van der Waals surface area contributed by atoms with Gasteiger partial charge in [-0.2, -0.15) is 0 Å². The minimum absolute atomic E-state index is 0.00550. The van der Waals surface area contributed by atoms with Crippen LogP contribution in [-0.2, 0) is 6.54 Å². The lowest BCUT2D eigenvalue weighted by atomic mass is 10.2. The van der Waals surface area contributed by atoms with E-state index in [1.54, 1.807) is 4.57 Å². The fourth-order valence-corrected chi connectivity index (χ4v) is 2.55. The molecular weight excluding hydrogens is 318 g/mol. The summed E-state index contributed by atoms with van der Waals surface area (Å²) in [6, 6.07) is 9.81. The van der Waals surface area contributed by atoms with E-state index in [1.807, 2.05) is 50.4 Å². The molecule has 2 aromatic rings. The van der Waals surface area contributed by atoms with E-state index >= 15 is 0 Å². The molecule has 0 atom stereocenters. The van der Waals surface area contributed by atoms with Gasteiger partial charge in [-0.15, -0.1) is 0 Å². The van der Waals surface area contributed by atoms with E-state index in [-0.39, 0.29) is 5.56 Å². The molecule has 0 spiro atoms. The average molecular weight is 336 g/mol. The van der Waals surface area contributed by atoms with Gasteiger partial charge in [-0.1, -0.05) is 17.7 Å². The standard InChI is InChI=1S/C16H18BrNO2/c1-12-4-6-14(7-5-12)20-9-3-8-18-11-13(2)10-15(17)16(18)19/h4-7,10-11H,3,8-9H2,1-2H3. The highest BCUT2D eigenvalue weighted by atomic mass is 79.9. The Kier molecular flexibility index (Phi) is 5.01. The number of benzene rings is 1. The van der Waals surface area contributed by atoms with E-state index in [1.165, 1.54) is 5.56 Å². The monoisotopic (exact) mass is 335 g/mol. The molecule has 106 valence electrons. The Balaban J connectivity index is 1.87. The Morgan fingerprint density at radius 1 is 1.15 bits per heavy atom. The summed E-state index contributed by atoms with van der Waals surface area (Å²) in [6.07, 6.45) is 2.67. The van der Waals surface area contributed by atoms with Gasteiger partial charge in [0.15, 0.2) is 0 Å². The van der Waals surface area contributed by atoms with Crippen LogP contribution in [0.25, 0.3) is 0 Å². The van der Waals surface area contributed by atoms with Gasteiger partial charge in [-0.05, 0) is 60.0 Å². The highest BCUT2D eigenvalue weighted by Crippen LogP contribution is 2.12. The van der Waals surface area contributed by atoms with Crippen LogP contribution in [0.3, 0.4) is 0 Å². The lowest BCUT2D eigenvalue weighted by Gasteiger charge is -2.09. The Bertz CT molecular complexity index is 632. The molecule has 0 saturated carbocycles. The number of hydrogen-bond donors (Lipinski definition) is 0. The van der Waals surface area contributed by atoms with Crippen molar-refractivity contribution in [3.8, 4) is 5.75 Å². The third kappa shape index (κ3) is 3.97. The van der Waals surface area contributed by atoms with Crippen LogP contribution < -0.4 is 10.3 Å². The highest BCUT2D eigenvalue weighted by Gasteiger charge is 2.02. The molecule has 1 aromatic carbocycles. The molecule has 4 heteroatoms. The van der Waals surface area contributed by atoms with Crippen molar-refractivity contribution in [2.75, 3.05) is 6.61 Å². The fourth-order valence-electron chi connectivity index (χ4n) is 1.97. The lowest BCUT2D eigenvalue weighted by Crippen LogP contribution is -2.21. The van der Waals surface area contributed by atoms with Crippen molar-refractivity contribution in [2.24, 2.45) is 0 Å². The van der Waals surface area contributed by atoms with Crippen LogP contribution in [0, 0.1) is 13.8 Å². The normalized spacial score (nSPS) is 10.6. The van der Waals surface area contributed by atoms with Crippen LogP contribution in [0.1, 0.15) is 17.5 Å². The summed E-state index contributed by atoms with van der Waals surface area (Å²) in [6.45, 7) is 5.28. The molecule has 20 heavy (non-hydrogen) atoms. The third-order valence-electron chi connectivity index (χ3n) is 3.01. The van der Waals surface area contributed by atoms with Crippen LogP contribution in [0.4, 0.5) is 0 Å². The molecule has 0 fully saturated rings. The highest BCUT2D eigenvalue weighted by molar-refractivity contribution is 9.10. The molecule has 0 aliphatic rings. The van der Waals surface area contributed by atoms with Crippen LogP contribution in [0.15, 0.2) is 45.8 Å². The molecule has 0 amide bonds. The van der Waals surface area contributed by atoms with Gasteiger partial charge in [-0.25, -0.2) is 0 Å². The first-order valence-electron chi connectivity index (χ1n) is 6.62. The first-order valence-corrected chi connectivity index (χ1v) is 7.41. The molecule has 1 heterocycles. The second-order valence-electron chi connectivity index (χ2n) is 4.88. The molecular formula is C16H18BrNO2. The van der Waals surface area contributed by atoms with Crippen molar-refractivity contribution in [2.45, 2.75) is 26.8 Å². The molecule has 2 rings (SSSR count). The number of nitrogens with zero attached hydrogens (tertiary/aromatic N) is 1. The van der Waals surface area contributed by atoms with Crippen LogP contribution >= 0.6 is 15.9 Å². The summed E-state index contributed by atoms with van der Waals surface area (Å²) in [5, 5.41) is 0. The van der Waals surface area contributed by atoms with E-state index in [4.69, 9.17) is 4.74 Å². The summed E-state index contributed by atoms with van der Waals surface area (Å²) >= 11 is 3.28. The van der Waals surface area contributed by atoms with Gasteiger partial charge < -0.3 is 9.30 Å². The van der Waals surface area contributed by atoms with Gasteiger partial charge in [0.05, 0.1) is 11.1 Å².